The minimum Gasteiger partial charge on any atom is -0.490 e. The molecule has 2 atom stereocenters. The van der Waals surface area contributed by atoms with Crippen molar-refractivity contribution in [1.29, 1.82) is 0 Å². The quantitative estimate of drug-likeness (QED) is 0.695. The molecular weight excluding hydrogens is 232 g/mol. The van der Waals surface area contributed by atoms with Crippen molar-refractivity contribution in [2.45, 2.75) is 46.1 Å². The molecule has 102 valence electrons. The molecule has 0 radical (unpaired) electrons. The van der Waals surface area contributed by atoms with Crippen molar-refractivity contribution >= 4 is 10.8 Å². The number of ether oxygens (including phenoxy) is 1. The molecule has 0 N–H and O–H groups in total. The van der Waals surface area contributed by atoms with E-state index in [0.717, 1.165) is 5.75 Å². The van der Waals surface area contributed by atoms with Gasteiger partial charge < -0.3 is 4.74 Å². The van der Waals surface area contributed by atoms with E-state index in [-0.39, 0.29) is 0 Å². The molecule has 19 heavy (non-hydrogen) atoms. The van der Waals surface area contributed by atoms with Gasteiger partial charge in [0.15, 0.2) is 0 Å². The fourth-order valence-electron chi connectivity index (χ4n) is 2.27. The second-order valence-electron chi connectivity index (χ2n) is 5.40. The van der Waals surface area contributed by atoms with Crippen LogP contribution in [0.4, 0.5) is 0 Å². The molecule has 0 saturated heterocycles. The van der Waals surface area contributed by atoms with Crippen LogP contribution in [0.25, 0.3) is 10.8 Å². The van der Waals surface area contributed by atoms with Crippen LogP contribution in [-0.2, 0) is 0 Å². The molecule has 0 unspecified atom stereocenters. The molecule has 1 saturated carbocycles. The molecule has 0 amide bonds. The van der Waals surface area contributed by atoms with E-state index in [1.807, 2.05) is 0 Å². The molecule has 0 bridgehead atoms. The monoisotopic (exact) mass is 256 g/mol. The maximum absolute atomic E-state index is 6.08. The molecule has 3 rings (SSSR count). The number of hydrogen-bond acceptors (Lipinski definition) is 1. The standard InChI is InChI=1S/C15H16O.C3H8/c1-11-9-10-14(11)16-15-8-4-6-12-5-2-3-7-13(12)15;1-3-2/h2-8,11,14H,9-10H2,1H3;3H2,1-2H3/t11-,14-;/m1./s1. The summed E-state index contributed by atoms with van der Waals surface area (Å²) in [7, 11) is 0. The first kappa shape index (κ1) is 13.9. The lowest BCUT2D eigenvalue weighted by Gasteiger charge is -2.34. The zero-order valence-electron chi connectivity index (χ0n) is 12.2. The van der Waals surface area contributed by atoms with Gasteiger partial charge in [-0.3, -0.25) is 0 Å². The normalized spacial score (nSPS) is 21.2. The summed E-state index contributed by atoms with van der Waals surface area (Å²) in [6.07, 6.45) is 4.17. The van der Waals surface area contributed by atoms with E-state index in [4.69, 9.17) is 4.74 Å². The van der Waals surface area contributed by atoms with Crippen LogP contribution in [0.2, 0.25) is 0 Å². The van der Waals surface area contributed by atoms with Crippen LogP contribution in [-0.4, -0.2) is 6.10 Å². The van der Waals surface area contributed by atoms with Gasteiger partial charge in [0.05, 0.1) is 0 Å². The lowest BCUT2D eigenvalue weighted by molar-refractivity contribution is 0.0591. The maximum Gasteiger partial charge on any atom is 0.127 e. The minimum atomic E-state index is 0.422. The Balaban J connectivity index is 0.000000408. The first-order valence-corrected chi connectivity index (χ1v) is 7.40. The highest BCUT2D eigenvalue weighted by Gasteiger charge is 2.28. The number of hydrogen-bond donors (Lipinski definition) is 0. The molecule has 1 fully saturated rings. The van der Waals surface area contributed by atoms with E-state index >= 15 is 0 Å². The van der Waals surface area contributed by atoms with Crippen molar-refractivity contribution in [3.05, 3.63) is 42.5 Å². The lowest BCUT2D eigenvalue weighted by atomic mass is 9.83. The Labute approximate surface area is 116 Å². The molecule has 0 aliphatic heterocycles. The summed E-state index contributed by atoms with van der Waals surface area (Å²) < 4.78 is 6.08. The van der Waals surface area contributed by atoms with Gasteiger partial charge in [0.1, 0.15) is 11.9 Å². The minimum absolute atomic E-state index is 0.422. The van der Waals surface area contributed by atoms with Crippen LogP contribution in [0.5, 0.6) is 5.75 Å². The zero-order chi connectivity index (χ0) is 13.7. The maximum atomic E-state index is 6.08. The third-order valence-electron chi connectivity index (χ3n) is 3.57. The van der Waals surface area contributed by atoms with Crippen molar-refractivity contribution < 1.29 is 4.74 Å². The Bertz CT molecular complexity index is 513. The first-order chi connectivity index (χ1) is 9.26. The summed E-state index contributed by atoms with van der Waals surface area (Å²) in [5.41, 5.74) is 0. The highest BCUT2D eigenvalue weighted by Crippen LogP contribution is 2.34. The highest BCUT2D eigenvalue weighted by molar-refractivity contribution is 5.88. The molecule has 1 nitrogen and oxygen atoms in total. The average Bonchev–Trinajstić information content (AvgIpc) is 2.44. The van der Waals surface area contributed by atoms with E-state index in [2.05, 4.69) is 63.2 Å². The third kappa shape index (κ3) is 3.28. The van der Waals surface area contributed by atoms with Crippen molar-refractivity contribution in [3.63, 3.8) is 0 Å². The summed E-state index contributed by atoms with van der Waals surface area (Å²) in [6.45, 7) is 6.51. The van der Waals surface area contributed by atoms with Crippen LogP contribution >= 0.6 is 0 Å². The van der Waals surface area contributed by atoms with Crippen molar-refractivity contribution in [2.24, 2.45) is 5.92 Å². The summed E-state index contributed by atoms with van der Waals surface area (Å²) >= 11 is 0. The van der Waals surface area contributed by atoms with E-state index < -0.39 is 0 Å². The smallest absolute Gasteiger partial charge is 0.127 e. The number of fused-ring (bicyclic) bond motifs is 1. The highest BCUT2D eigenvalue weighted by atomic mass is 16.5. The van der Waals surface area contributed by atoms with Gasteiger partial charge in [0.25, 0.3) is 0 Å². The third-order valence-corrected chi connectivity index (χ3v) is 3.57. The van der Waals surface area contributed by atoms with Crippen LogP contribution in [0.1, 0.15) is 40.0 Å². The van der Waals surface area contributed by atoms with Crippen LogP contribution in [0.3, 0.4) is 0 Å². The number of rotatable bonds is 2. The predicted molar refractivity (Wildman–Crippen MR) is 82.7 cm³/mol. The summed E-state index contributed by atoms with van der Waals surface area (Å²) in [5, 5.41) is 2.48. The molecule has 0 spiro atoms. The summed E-state index contributed by atoms with van der Waals surface area (Å²) in [5.74, 6) is 1.74. The predicted octanol–water partition coefficient (Wildman–Crippen LogP) is 5.43. The van der Waals surface area contributed by atoms with Crippen LogP contribution in [0, 0.1) is 5.92 Å². The van der Waals surface area contributed by atoms with Gasteiger partial charge in [-0.2, -0.15) is 0 Å². The molecule has 2 aromatic rings. The van der Waals surface area contributed by atoms with E-state index in [9.17, 15) is 0 Å². The topological polar surface area (TPSA) is 9.23 Å². The number of benzene rings is 2. The molecular formula is C18H24O. The molecule has 1 heteroatoms. The fraction of sp³-hybridized carbons (Fsp3) is 0.444. The van der Waals surface area contributed by atoms with E-state index in [1.165, 1.54) is 30.0 Å². The van der Waals surface area contributed by atoms with E-state index in [0.29, 0.717) is 12.0 Å². The lowest BCUT2D eigenvalue weighted by Crippen LogP contribution is -2.34. The van der Waals surface area contributed by atoms with Gasteiger partial charge >= 0.3 is 0 Å². The fourth-order valence-corrected chi connectivity index (χ4v) is 2.27. The van der Waals surface area contributed by atoms with Crippen molar-refractivity contribution in [2.75, 3.05) is 0 Å². The Kier molecular flexibility index (Phi) is 4.84. The molecule has 0 heterocycles. The van der Waals surface area contributed by atoms with Crippen molar-refractivity contribution in [3.8, 4) is 5.75 Å². The molecule has 1 aliphatic carbocycles. The SMILES string of the molecule is CCC.C[C@@H]1CC[C@H]1Oc1cccc2ccccc12. The van der Waals surface area contributed by atoms with Gasteiger partial charge in [-0.25, -0.2) is 0 Å². The second-order valence-corrected chi connectivity index (χ2v) is 5.40. The first-order valence-electron chi connectivity index (χ1n) is 7.40. The summed E-state index contributed by atoms with van der Waals surface area (Å²) in [4.78, 5) is 0. The van der Waals surface area contributed by atoms with Gasteiger partial charge in [-0.15, -0.1) is 0 Å². The largest absolute Gasteiger partial charge is 0.490 e. The van der Waals surface area contributed by atoms with Gasteiger partial charge in [0.2, 0.25) is 0 Å². The molecule has 0 aromatic heterocycles. The van der Waals surface area contributed by atoms with Crippen LogP contribution < -0.4 is 4.74 Å². The molecule has 1 aliphatic rings. The Hall–Kier alpha value is -1.50. The Morgan fingerprint density at radius 2 is 1.68 bits per heavy atom. The zero-order valence-corrected chi connectivity index (χ0v) is 12.2. The summed E-state index contributed by atoms with van der Waals surface area (Å²) in [6, 6.07) is 14.7. The molecule has 2 aromatic carbocycles. The van der Waals surface area contributed by atoms with E-state index in [1.54, 1.807) is 0 Å². The average molecular weight is 256 g/mol. The van der Waals surface area contributed by atoms with Gasteiger partial charge in [-0.05, 0) is 30.2 Å². The van der Waals surface area contributed by atoms with Crippen LogP contribution in [0.15, 0.2) is 42.5 Å². The van der Waals surface area contributed by atoms with Gasteiger partial charge in [0, 0.05) is 5.39 Å². The Morgan fingerprint density at radius 1 is 1.00 bits per heavy atom. The Morgan fingerprint density at radius 3 is 2.32 bits per heavy atom. The second kappa shape index (κ2) is 6.60. The van der Waals surface area contributed by atoms with Crippen molar-refractivity contribution in [1.82, 2.24) is 0 Å². The van der Waals surface area contributed by atoms with Gasteiger partial charge in [-0.1, -0.05) is 63.6 Å².